The summed E-state index contributed by atoms with van der Waals surface area (Å²) in [5.74, 6) is 0. The Bertz CT molecular complexity index is 10100. The fraction of sp³-hybridized carbons (Fsp3) is 0. The van der Waals surface area contributed by atoms with Crippen LogP contribution in [0.25, 0.3) is 281 Å². The first-order valence-corrected chi connectivity index (χ1v) is 45.8. The molecule has 9 nitrogen and oxygen atoms in total. The van der Waals surface area contributed by atoms with E-state index in [9.17, 15) is 0 Å². The molecule has 0 fully saturated rings. The minimum atomic E-state index is 0.887. The molecular formula is C126H75N3O6. The van der Waals surface area contributed by atoms with E-state index in [1.807, 2.05) is 0 Å². The molecule has 9 aromatic heterocycles. The van der Waals surface area contributed by atoms with Crippen LogP contribution in [0.1, 0.15) is 0 Å². The van der Waals surface area contributed by atoms with Crippen LogP contribution in [0.2, 0.25) is 0 Å². The lowest BCUT2D eigenvalue weighted by molar-refractivity contribution is 0.669. The van der Waals surface area contributed by atoms with Gasteiger partial charge in [-0.15, -0.1) is 0 Å². The van der Waals surface area contributed by atoms with Crippen LogP contribution < -0.4 is 0 Å². The quantitative estimate of drug-likeness (QED) is 0.143. The van der Waals surface area contributed by atoms with E-state index in [-0.39, 0.29) is 0 Å². The second kappa shape index (κ2) is 30.2. The standard InChI is InChI=1S/3C42H25NO2/c1-2-13-27(14-3-1)43-36-22-9-8-18-33(36)42-39(43)35-21-10-20-32(41(35)45-42)30-17-7-6-16-29(30)31-19-11-23-37-38(31)34-25-24-26-12-4-5-15-28(26)40(34)44-37;1-2-13-29(14-3-1)43-37-20-9-8-17-34(37)42-40(43)35-19-10-18-33(41(35)45-42)31-16-7-6-15-30(31)28-21-22-32-36-23-26-11-4-5-12-27(26)24-39(36)44-38(32)25-28;1-2-12-28(13-3-1)43-36-20-9-8-17-33(36)42-40(43)35-19-10-18-32(41(35)45-42)31-16-7-6-14-29(31)27-21-23-34-38(25-27)44-37-24-22-26-11-4-5-15-30(26)39(34)37/h3*1-25H. The van der Waals surface area contributed by atoms with Gasteiger partial charge in [-0.25, -0.2) is 0 Å². The summed E-state index contributed by atoms with van der Waals surface area (Å²) in [4.78, 5) is 0. The number of hydrogen-bond acceptors (Lipinski definition) is 6. The fourth-order valence-corrected chi connectivity index (χ4v) is 21.7. The Morgan fingerprint density at radius 2 is 0.474 bits per heavy atom. The largest absolute Gasteiger partial charge is 0.456 e. The van der Waals surface area contributed by atoms with Gasteiger partial charge in [0.2, 0.25) is 0 Å². The molecule has 0 N–H and O–H groups in total. The van der Waals surface area contributed by atoms with Crippen molar-refractivity contribution in [3.8, 4) is 83.8 Å². The zero-order valence-electron chi connectivity index (χ0n) is 72.6. The first-order valence-electron chi connectivity index (χ1n) is 45.8. The molecule has 0 unspecified atom stereocenters. The van der Waals surface area contributed by atoms with Crippen molar-refractivity contribution in [3.05, 3.63) is 455 Å². The second-order valence-corrected chi connectivity index (χ2v) is 35.0. The summed E-state index contributed by atoms with van der Waals surface area (Å²) in [6.45, 7) is 0. The summed E-state index contributed by atoms with van der Waals surface area (Å²) >= 11 is 0. The molecule has 0 atom stereocenters. The number of benzene rings is 21. The summed E-state index contributed by atoms with van der Waals surface area (Å²) in [6.07, 6.45) is 0. The Morgan fingerprint density at radius 3 is 0.978 bits per heavy atom. The molecule has 30 rings (SSSR count). The molecule has 0 aliphatic rings. The maximum absolute atomic E-state index is 6.90. The van der Waals surface area contributed by atoms with Gasteiger partial charge in [-0.1, -0.05) is 309 Å². The molecule has 21 aromatic carbocycles. The minimum Gasteiger partial charge on any atom is -0.456 e. The molecular weight excluding hydrogens is 1650 g/mol. The summed E-state index contributed by atoms with van der Waals surface area (Å²) < 4.78 is 47.0. The number of furan rings is 6. The Labute approximate surface area is 770 Å². The number of fused-ring (bicyclic) bond motifs is 29. The maximum atomic E-state index is 6.90. The highest BCUT2D eigenvalue weighted by molar-refractivity contribution is 6.26. The molecule has 0 amide bonds. The highest BCUT2D eigenvalue weighted by Gasteiger charge is 2.29. The Balaban J connectivity index is 0.000000101. The second-order valence-electron chi connectivity index (χ2n) is 35.0. The van der Waals surface area contributed by atoms with E-state index in [1.165, 1.54) is 32.3 Å². The number of para-hydroxylation sites is 9. The van der Waals surface area contributed by atoms with E-state index in [2.05, 4.69) is 469 Å². The fourth-order valence-electron chi connectivity index (χ4n) is 21.7. The lowest BCUT2D eigenvalue weighted by Gasteiger charge is -2.12. The van der Waals surface area contributed by atoms with Gasteiger partial charge in [-0.05, 0) is 223 Å². The lowest BCUT2D eigenvalue weighted by Crippen LogP contribution is -1.93. The normalized spacial score (nSPS) is 12.0. The van der Waals surface area contributed by atoms with Crippen LogP contribution in [0.4, 0.5) is 0 Å². The van der Waals surface area contributed by atoms with Crippen molar-refractivity contribution in [1.29, 1.82) is 0 Å². The molecule has 0 aliphatic heterocycles. The van der Waals surface area contributed by atoms with E-state index in [0.717, 1.165) is 249 Å². The van der Waals surface area contributed by atoms with Gasteiger partial charge in [0.25, 0.3) is 0 Å². The van der Waals surface area contributed by atoms with Crippen molar-refractivity contribution < 1.29 is 26.5 Å². The minimum absolute atomic E-state index is 0.887. The molecule has 0 radical (unpaired) electrons. The summed E-state index contributed by atoms with van der Waals surface area (Å²) in [6, 6.07) is 160. The maximum Gasteiger partial charge on any atom is 0.161 e. The third-order valence-electron chi connectivity index (χ3n) is 27.6. The average Bonchev–Trinajstić information content (AvgIpc) is 1.56. The Morgan fingerprint density at radius 1 is 0.141 bits per heavy atom. The predicted molar refractivity (Wildman–Crippen MR) is 559 cm³/mol. The van der Waals surface area contributed by atoms with Gasteiger partial charge in [-0.2, -0.15) is 0 Å². The Hall–Kier alpha value is -18.2. The smallest absolute Gasteiger partial charge is 0.161 e. The molecule has 0 spiro atoms. The molecule has 0 aliphatic carbocycles. The zero-order valence-corrected chi connectivity index (χ0v) is 72.6. The van der Waals surface area contributed by atoms with E-state index in [4.69, 9.17) is 26.5 Å². The highest BCUT2D eigenvalue weighted by atomic mass is 16.4. The molecule has 30 aromatic rings. The van der Waals surface area contributed by atoms with E-state index >= 15 is 0 Å². The van der Waals surface area contributed by atoms with E-state index in [1.54, 1.807) is 0 Å². The van der Waals surface area contributed by atoms with Crippen LogP contribution >= 0.6 is 0 Å². The van der Waals surface area contributed by atoms with Crippen molar-refractivity contribution in [3.63, 3.8) is 0 Å². The third-order valence-corrected chi connectivity index (χ3v) is 27.6. The van der Waals surface area contributed by atoms with E-state index < -0.39 is 0 Å². The molecule has 0 saturated carbocycles. The average molecular weight is 1730 g/mol. The van der Waals surface area contributed by atoms with Gasteiger partial charge in [0.15, 0.2) is 16.7 Å². The van der Waals surface area contributed by atoms with Crippen LogP contribution in [-0.4, -0.2) is 13.7 Å². The molecule has 135 heavy (non-hydrogen) atoms. The molecule has 0 bridgehead atoms. The first-order chi connectivity index (χ1) is 67.0. The van der Waals surface area contributed by atoms with Crippen LogP contribution in [-0.2, 0) is 0 Å². The van der Waals surface area contributed by atoms with Crippen LogP contribution in [0, 0.1) is 0 Å². The molecule has 9 heteroatoms. The van der Waals surface area contributed by atoms with Crippen LogP contribution in [0.15, 0.2) is 481 Å². The Kier molecular flexibility index (Phi) is 17.0. The summed E-state index contributed by atoms with van der Waals surface area (Å²) in [5.41, 5.74) is 34.2. The predicted octanol–water partition coefficient (Wildman–Crippen LogP) is 35.7. The van der Waals surface area contributed by atoms with Gasteiger partial charge >= 0.3 is 0 Å². The SMILES string of the molecule is c1ccc(-n2c3ccccc3c3oc4c(-c5ccccc5-c5ccc6c(c5)oc5cc7ccccc7cc56)cccc4c32)cc1.c1ccc(-n2c3ccccc3c3oc4c(-c5ccccc5-c5ccc6c(c5)oc5ccc7ccccc7c56)cccc4c32)cc1.c1ccc(-n2c3ccccc3c3oc4c(-c5ccccc5-c5cccc6oc7c8ccccc8ccc7c56)cccc4c32)cc1. The van der Waals surface area contributed by atoms with Gasteiger partial charge in [0.1, 0.15) is 66.8 Å². The third kappa shape index (κ3) is 11.8. The number of rotatable bonds is 9. The van der Waals surface area contributed by atoms with Gasteiger partial charge in [0, 0.05) is 104 Å². The van der Waals surface area contributed by atoms with Gasteiger partial charge < -0.3 is 40.2 Å². The van der Waals surface area contributed by atoms with Crippen molar-refractivity contribution in [2.24, 2.45) is 0 Å². The van der Waals surface area contributed by atoms with Crippen LogP contribution in [0.3, 0.4) is 0 Å². The highest BCUT2D eigenvalue weighted by Crippen LogP contribution is 2.52. The number of aromatic nitrogens is 3. The van der Waals surface area contributed by atoms with E-state index in [0.29, 0.717) is 0 Å². The summed E-state index contributed by atoms with van der Waals surface area (Å²) in [5, 5.41) is 20.6. The lowest BCUT2D eigenvalue weighted by atomic mass is 9.91. The molecule has 630 valence electrons. The molecule has 9 heterocycles. The van der Waals surface area contributed by atoms with Crippen molar-refractivity contribution in [2.45, 2.75) is 0 Å². The van der Waals surface area contributed by atoms with Gasteiger partial charge in [0.05, 0.1) is 16.6 Å². The van der Waals surface area contributed by atoms with Crippen molar-refractivity contribution >= 4 is 197 Å². The van der Waals surface area contributed by atoms with Crippen molar-refractivity contribution in [2.75, 3.05) is 0 Å². The topological polar surface area (TPSA) is 93.6 Å². The first kappa shape index (κ1) is 75.8. The van der Waals surface area contributed by atoms with Crippen molar-refractivity contribution in [1.82, 2.24) is 13.7 Å². The zero-order chi connectivity index (χ0) is 88.5. The monoisotopic (exact) mass is 1730 g/mol. The summed E-state index contributed by atoms with van der Waals surface area (Å²) in [7, 11) is 0. The molecule has 0 saturated heterocycles. The van der Waals surface area contributed by atoms with Gasteiger partial charge in [-0.3, -0.25) is 0 Å². The number of nitrogens with zero attached hydrogens (tertiary/aromatic N) is 3. The number of hydrogen-bond donors (Lipinski definition) is 0. The van der Waals surface area contributed by atoms with Crippen LogP contribution in [0.5, 0.6) is 0 Å².